The molecule has 3 heteroatoms. The first-order chi connectivity index (χ1) is 8.22. The molecule has 0 bridgehead atoms. The molecule has 2 rings (SSSR count). The van der Waals surface area contributed by atoms with Crippen molar-refractivity contribution in [3.63, 3.8) is 0 Å². The van der Waals surface area contributed by atoms with Crippen molar-refractivity contribution in [1.29, 1.82) is 0 Å². The smallest absolute Gasteiger partial charge is 0.331 e. The van der Waals surface area contributed by atoms with Crippen LogP contribution < -0.4 is 4.90 Å². The first kappa shape index (κ1) is 11.7. The van der Waals surface area contributed by atoms with Gasteiger partial charge >= 0.3 is 5.97 Å². The molecule has 0 spiro atoms. The third-order valence-corrected chi connectivity index (χ3v) is 3.15. The molecular weight excluding hydrogens is 214 g/mol. The number of para-hydroxylation sites is 1. The van der Waals surface area contributed by atoms with E-state index in [0.29, 0.717) is 6.04 Å². The quantitative estimate of drug-likeness (QED) is 0.578. The third kappa shape index (κ3) is 2.49. The monoisotopic (exact) mass is 231 g/mol. The number of carbonyl (C=O) groups excluding carboxylic acids is 1. The van der Waals surface area contributed by atoms with Crippen LogP contribution in [0, 0.1) is 0 Å². The first-order valence-corrected chi connectivity index (χ1v) is 5.85. The second-order valence-corrected chi connectivity index (χ2v) is 4.26. The summed E-state index contributed by atoms with van der Waals surface area (Å²) >= 11 is 0. The highest BCUT2D eigenvalue weighted by atomic mass is 16.5. The summed E-state index contributed by atoms with van der Waals surface area (Å²) in [7, 11) is 1.39. The van der Waals surface area contributed by atoms with Crippen LogP contribution in [0.4, 0.5) is 5.69 Å². The van der Waals surface area contributed by atoms with Gasteiger partial charge in [0.1, 0.15) is 0 Å². The van der Waals surface area contributed by atoms with Gasteiger partial charge in [-0.25, -0.2) is 4.79 Å². The van der Waals surface area contributed by atoms with Crippen LogP contribution in [0.3, 0.4) is 0 Å². The minimum absolute atomic E-state index is 0.319. The van der Waals surface area contributed by atoms with Gasteiger partial charge in [-0.05, 0) is 31.4 Å². The summed E-state index contributed by atoms with van der Waals surface area (Å²) in [4.78, 5) is 13.3. The van der Waals surface area contributed by atoms with Gasteiger partial charge in [0.05, 0.1) is 7.11 Å². The van der Waals surface area contributed by atoms with Crippen LogP contribution in [-0.2, 0) is 16.0 Å². The van der Waals surface area contributed by atoms with E-state index in [1.165, 1.54) is 24.4 Å². The summed E-state index contributed by atoms with van der Waals surface area (Å²) in [5.74, 6) is -0.319. The lowest BCUT2D eigenvalue weighted by molar-refractivity contribution is -0.134. The zero-order valence-electron chi connectivity index (χ0n) is 10.2. The Hall–Kier alpha value is -1.77. The topological polar surface area (TPSA) is 29.5 Å². The Balaban J connectivity index is 2.27. The maximum absolute atomic E-state index is 11.1. The first-order valence-electron chi connectivity index (χ1n) is 5.85. The van der Waals surface area contributed by atoms with Gasteiger partial charge in [-0.2, -0.15) is 0 Å². The van der Waals surface area contributed by atoms with Crippen molar-refractivity contribution in [1.82, 2.24) is 0 Å². The molecule has 1 atom stereocenters. The van der Waals surface area contributed by atoms with Gasteiger partial charge in [-0.3, -0.25) is 0 Å². The van der Waals surface area contributed by atoms with E-state index in [1.807, 2.05) is 12.3 Å². The molecule has 1 heterocycles. The number of carbonyl (C=O) groups is 1. The van der Waals surface area contributed by atoms with Crippen molar-refractivity contribution in [2.45, 2.75) is 25.8 Å². The van der Waals surface area contributed by atoms with E-state index in [-0.39, 0.29) is 5.97 Å². The van der Waals surface area contributed by atoms with Crippen LogP contribution in [0.25, 0.3) is 0 Å². The maximum atomic E-state index is 11.1. The number of fused-ring (bicyclic) bond motifs is 1. The molecule has 0 radical (unpaired) electrons. The Bertz CT molecular complexity index is 440. The standard InChI is InChI=1S/C14H17NO2/c1-11-7-8-12-5-3-4-6-13(12)15(11)10-9-14(16)17-2/h3-6,9-11H,7-8H2,1-2H3. The van der Waals surface area contributed by atoms with E-state index in [2.05, 4.69) is 34.8 Å². The van der Waals surface area contributed by atoms with Crippen molar-refractivity contribution < 1.29 is 9.53 Å². The predicted octanol–water partition coefficient (Wildman–Crippen LogP) is 2.51. The molecular formula is C14H17NO2. The van der Waals surface area contributed by atoms with Gasteiger partial charge in [0.15, 0.2) is 0 Å². The zero-order valence-corrected chi connectivity index (χ0v) is 10.2. The van der Waals surface area contributed by atoms with Crippen LogP contribution in [-0.4, -0.2) is 19.1 Å². The molecule has 1 aliphatic rings. The van der Waals surface area contributed by atoms with Gasteiger partial charge in [-0.15, -0.1) is 0 Å². The van der Waals surface area contributed by atoms with Gasteiger partial charge in [0.25, 0.3) is 0 Å². The second-order valence-electron chi connectivity index (χ2n) is 4.26. The second kappa shape index (κ2) is 5.04. The average Bonchev–Trinajstić information content (AvgIpc) is 2.37. The van der Waals surface area contributed by atoms with E-state index in [9.17, 15) is 4.79 Å². The van der Waals surface area contributed by atoms with Crippen LogP contribution >= 0.6 is 0 Å². The number of nitrogens with zero attached hydrogens (tertiary/aromatic N) is 1. The zero-order chi connectivity index (χ0) is 12.3. The number of benzene rings is 1. The number of esters is 1. The fourth-order valence-electron chi connectivity index (χ4n) is 2.15. The minimum atomic E-state index is -0.319. The molecule has 0 amide bonds. The number of ether oxygens (including phenoxy) is 1. The van der Waals surface area contributed by atoms with E-state index >= 15 is 0 Å². The number of aryl methyl sites for hydroxylation is 1. The highest BCUT2D eigenvalue weighted by molar-refractivity contribution is 5.82. The average molecular weight is 231 g/mol. The molecule has 1 unspecified atom stereocenters. The molecule has 3 nitrogen and oxygen atoms in total. The molecule has 17 heavy (non-hydrogen) atoms. The molecule has 1 aromatic carbocycles. The van der Waals surface area contributed by atoms with Gasteiger partial charge in [-0.1, -0.05) is 18.2 Å². The summed E-state index contributed by atoms with van der Waals surface area (Å²) < 4.78 is 4.61. The minimum Gasteiger partial charge on any atom is -0.466 e. The SMILES string of the molecule is COC(=O)C=CN1c2ccccc2CCC1C. The normalized spacial score (nSPS) is 19.2. The number of anilines is 1. The van der Waals surface area contributed by atoms with Crippen LogP contribution in [0.5, 0.6) is 0 Å². The number of rotatable bonds is 2. The van der Waals surface area contributed by atoms with Gasteiger partial charge in [0.2, 0.25) is 0 Å². The molecule has 0 fully saturated rings. The highest BCUT2D eigenvalue weighted by Gasteiger charge is 2.20. The lowest BCUT2D eigenvalue weighted by Gasteiger charge is -2.34. The maximum Gasteiger partial charge on any atom is 0.331 e. The summed E-state index contributed by atoms with van der Waals surface area (Å²) in [6.45, 7) is 2.16. The summed E-state index contributed by atoms with van der Waals surface area (Å²) in [6.07, 6.45) is 5.48. The largest absolute Gasteiger partial charge is 0.466 e. The van der Waals surface area contributed by atoms with E-state index in [0.717, 1.165) is 12.8 Å². The molecule has 1 aliphatic heterocycles. The van der Waals surface area contributed by atoms with Crippen LogP contribution in [0.15, 0.2) is 36.5 Å². The fraction of sp³-hybridized carbons (Fsp3) is 0.357. The Labute approximate surface area is 102 Å². The summed E-state index contributed by atoms with van der Waals surface area (Å²) in [5.41, 5.74) is 2.52. The van der Waals surface area contributed by atoms with Crippen molar-refractivity contribution in [3.8, 4) is 0 Å². The lowest BCUT2D eigenvalue weighted by Crippen LogP contribution is -2.32. The molecule has 0 aliphatic carbocycles. The van der Waals surface area contributed by atoms with E-state index in [4.69, 9.17) is 0 Å². The molecule has 0 aromatic heterocycles. The number of methoxy groups -OCH3 is 1. The van der Waals surface area contributed by atoms with Crippen LogP contribution in [0.2, 0.25) is 0 Å². The number of hydrogen-bond acceptors (Lipinski definition) is 3. The van der Waals surface area contributed by atoms with Crippen LogP contribution in [0.1, 0.15) is 18.9 Å². The van der Waals surface area contributed by atoms with E-state index < -0.39 is 0 Å². The summed E-state index contributed by atoms with van der Waals surface area (Å²) in [5, 5.41) is 0. The van der Waals surface area contributed by atoms with Crippen molar-refractivity contribution in [3.05, 3.63) is 42.1 Å². The Morgan fingerprint density at radius 3 is 3.00 bits per heavy atom. The predicted molar refractivity (Wildman–Crippen MR) is 67.9 cm³/mol. The Kier molecular flexibility index (Phi) is 3.47. The molecule has 0 saturated heterocycles. The highest BCUT2D eigenvalue weighted by Crippen LogP contribution is 2.30. The van der Waals surface area contributed by atoms with Gasteiger partial charge < -0.3 is 9.64 Å². The molecule has 90 valence electrons. The molecule has 1 aromatic rings. The van der Waals surface area contributed by atoms with E-state index in [1.54, 1.807) is 0 Å². The fourth-order valence-corrected chi connectivity index (χ4v) is 2.15. The van der Waals surface area contributed by atoms with Gasteiger partial charge in [0, 0.05) is 24.0 Å². The summed E-state index contributed by atoms with van der Waals surface area (Å²) in [6, 6.07) is 8.71. The Morgan fingerprint density at radius 1 is 1.47 bits per heavy atom. The van der Waals surface area contributed by atoms with Crippen molar-refractivity contribution in [2.24, 2.45) is 0 Å². The third-order valence-electron chi connectivity index (χ3n) is 3.15. The number of hydrogen-bond donors (Lipinski definition) is 0. The Morgan fingerprint density at radius 2 is 2.24 bits per heavy atom. The molecule has 0 N–H and O–H groups in total. The lowest BCUT2D eigenvalue weighted by atomic mass is 9.97. The van der Waals surface area contributed by atoms with Crippen molar-refractivity contribution in [2.75, 3.05) is 12.0 Å². The molecule has 0 saturated carbocycles. The van der Waals surface area contributed by atoms with Crippen molar-refractivity contribution >= 4 is 11.7 Å².